The second-order valence-corrected chi connectivity index (χ2v) is 8.41. The Morgan fingerprint density at radius 3 is 2.71 bits per heavy atom. The highest BCUT2D eigenvalue weighted by Gasteiger charge is 2.32. The Morgan fingerprint density at radius 1 is 0.882 bits per heavy atom. The highest BCUT2D eigenvalue weighted by atomic mass is 16.1. The van der Waals surface area contributed by atoms with Gasteiger partial charge in [-0.15, -0.1) is 0 Å². The van der Waals surface area contributed by atoms with Gasteiger partial charge < -0.3 is 10.3 Å². The third kappa shape index (κ3) is 2.77. The van der Waals surface area contributed by atoms with Crippen LogP contribution in [0.5, 0.6) is 0 Å². The summed E-state index contributed by atoms with van der Waals surface area (Å²) in [6.07, 6.45) is 5.24. The molecule has 3 N–H and O–H groups in total. The first kappa shape index (κ1) is 18.8. The van der Waals surface area contributed by atoms with Crippen molar-refractivity contribution < 1.29 is 4.79 Å². The van der Waals surface area contributed by atoms with Crippen LogP contribution in [0.1, 0.15) is 27.5 Å². The van der Waals surface area contributed by atoms with Gasteiger partial charge in [0.05, 0.1) is 35.0 Å². The zero-order chi connectivity index (χ0) is 22.6. The van der Waals surface area contributed by atoms with E-state index in [1.165, 1.54) is 0 Å². The van der Waals surface area contributed by atoms with Crippen molar-refractivity contribution in [3.8, 4) is 22.5 Å². The molecule has 3 aromatic carbocycles. The average Bonchev–Trinajstić information content (AvgIpc) is 3.59. The van der Waals surface area contributed by atoms with Gasteiger partial charge in [0.2, 0.25) is 0 Å². The van der Waals surface area contributed by atoms with Gasteiger partial charge >= 0.3 is 0 Å². The van der Waals surface area contributed by atoms with Crippen LogP contribution in [-0.2, 0) is 0 Å². The number of carbonyl (C=O) groups excluding carboxylic acids is 1. The van der Waals surface area contributed by atoms with E-state index in [0.29, 0.717) is 5.56 Å². The van der Waals surface area contributed by atoms with Crippen LogP contribution < -0.4 is 5.32 Å². The minimum atomic E-state index is -0.259. The van der Waals surface area contributed by atoms with Gasteiger partial charge in [-0.05, 0) is 46.5 Å². The van der Waals surface area contributed by atoms with Gasteiger partial charge in [0.25, 0.3) is 5.91 Å². The summed E-state index contributed by atoms with van der Waals surface area (Å²) >= 11 is 0. The third-order valence-corrected chi connectivity index (χ3v) is 6.47. The lowest BCUT2D eigenvalue weighted by Crippen LogP contribution is -2.28. The molecular weight excluding hydrogens is 424 g/mol. The van der Waals surface area contributed by atoms with Crippen molar-refractivity contribution in [1.82, 2.24) is 30.5 Å². The highest BCUT2D eigenvalue weighted by Crippen LogP contribution is 2.47. The summed E-state index contributed by atoms with van der Waals surface area (Å²) in [5.74, 6) is 0.656. The lowest BCUT2D eigenvalue weighted by atomic mass is 9.98. The van der Waals surface area contributed by atoms with Gasteiger partial charge in [0, 0.05) is 22.7 Å². The zero-order valence-electron chi connectivity index (χ0n) is 17.9. The van der Waals surface area contributed by atoms with Crippen LogP contribution in [-0.4, -0.2) is 31.1 Å². The van der Waals surface area contributed by atoms with E-state index in [0.717, 1.165) is 55.6 Å². The molecule has 34 heavy (non-hydrogen) atoms. The van der Waals surface area contributed by atoms with Crippen molar-refractivity contribution in [1.29, 1.82) is 0 Å². The molecule has 0 saturated heterocycles. The molecule has 0 unspecified atom stereocenters. The quantitative estimate of drug-likeness (QED) is 0.359. The number of hydrogen-bond donors (Lipinski definition) is 3. The number of pyridine rings is 1. The number of hydrogen-bond acceptors (Lipinski definition) is 4. The first-order valence-corrected chi connectivity index (χ1v) is 11.0. The third-order valence-electron chi connectivity index (χ3n) is 6.47. The normalized spacial score (nSPS) is 14.3. The van der Waals surface area contributed by atoms with Crippen LogP contribution in [0.4, 0.5) is 0 Å². The molecule has 3 heterocycles. The van der Waals surface area contributed by atoms with Gasteiger partial charge in [0.15, 0.2) is 0 Å². The second kappa shape index (κ2) is 7.11. The Morgan fingerprint density at radius 2 is 1.76 bits per heavy atom. The van der Waals surface area contributed by atoms with Crippen LogP contribution in [0.3, 0.4) is 0 Å². The van der Waals surface area contributed by atoms with Crippen LogP contribution in [0.15, 0.2) is 85.3 Å². The molecule has 0 aliphatic heterocycles. The van der Waals surface area contributed by atoms with Crippen LogP contribution >= 0.6 is 0 Å². The van der Waals surface area contributed by atoms with Gasteiger partial charge in [-0.25, -0.2) is 4.98 Å². The largest absolute Gasteiger partial charge is 0.341 e. The van der Waals surface area contributed by atoms with E-state index < -0.39 is 0 Å². The van der Waals surface area contributed by atoms with Crippen LogP contribution in [0.25, 0.3) is 44.5 Å². The first-order valence-electron chi connectivity index (χ1n) is 11.0. The summed E-state index contributed by atoms with van der Waals surface area (Å²) < 4.78 is 0. The first-order chi connectivity index (χ1) is 16.8. The number of nitrogens with zero attached hydrogens (tertiary/aromatic N) is 3. The molecule has 1 aliphatic carbocycles. The molecule has 0 saturated carbocycles. The molecule has 7 heteroatoms. The number of fused-ring (bicyclic) bond motifs is 5. The minimum absolute atomic E-state index is 0.129. The van der Waals surface area contributed by atoms with Gasteiger partial charge in [-0.2, -0.15) is 5.10 Å². The Hall–Kier alpha value is -4.78. The number of rotatable bonds is 3. The highest BCUT2D eigenvalue weighted by molar-refractivity contribution is 5.99. The van der Waals surface area contributed by atoms with Crippen LogP contribution in [0, 0.1) is 0 Å². The number of imidazole rings is 1. The molecule has 0 spiro atoms. The van der Waals surface area contributed by atoms with Crippen molar-refractivity contribution in [2.45, 2.75) is 6.04 Å². The molecule has 0 fully saturated rings. The summed E-state index contributed by atoms with van der Waals surface area (Å²) in [5, 5.41) is 11.1. The number of benzene rings is 3. The Bertz CT molecular complexity index is 1700. The van der Waals surface area contributed by atoms with Crippen molar-refractivity contribution in [3.05, 3.63) is 102 Å². The van der Waals surface area contributed by atoms with E-state index in [1.54, 1.807) is 18.6 Å². The summed E-state index contributed by atoms with van der Waals surface area (Å²) in [7, 11) is 0. The maximum Gasteiger partial charge on any atom is 0.252 e. The monoisotopic (exact) mass is 442 g/mol. The fourth-order valence-electron chi connectivity index (χ4n) is 4.89. The van der Waals surface area contributed by atoms with E-state index in [2.05, 4.69) is 49.7 Å². The SMILES string of the molecule is O=C(N[C@@H]1c2ccccc2-c2c(-c3nc4ccncc4[nH]3)cccc21)c1ccc2[nH]ncc2c1. The van der Waals surface area contributed by atoms with Gasteiger partial charge in [-0.1, -0.05) is 42.5 Å². The molecule has 162 valence electrons. The molecule has 7 nitrogen and oxygen atoms in total. The molecule has 3 aromatic heterocycles. The van der Waals surface area contributed by atoms with Crippen molar-refractivity contribution >= 4 is 27.8 Å². The van der Waals surface area contributed by atoms with Crippen LogP contribution in [0.2, 0.25) is 0 Å². The fraction of sp³-hybridized carbons (Fsp3) is 0.0370. The predicted octanol–water partition coefficient (Wildman–Crippen LogP) is 5.00. The number of amides is 1. The lowest BCUT2D eigenvalue weighted by Gasteiger charge is -2.16. The maximum atomic E-state index is 13.3. The van der Waals surface area contributed by atoms with Gasteiger partial charge in [0.1, 0.15) is 5.82 Å². The zero-order valence-corrected chi connectivity index (χ0v) is 17.9. The Labute approximate surface area is 193 Å². The molecule has 0 radical (unpaired) electrons. The number of H-pyrrole nitrogens is 2. The van der Waals surface area contributed by atoms with E-state index in [1.807, 2.05) is 42.5 Å². The second-order valence-electron chi connectivity index (χ2n) is 8.41. The van der Waals surface area contributed by atoms with E-state index in [-0.39, 0.29) is 11.9 Å². The standard InChI is InChI=1S/C27H18N6O/c34-27(15-8-9-21-16(12-15)13-29-33-21)32-25-18-5-2-1-4-17(18)24-19(25)6-3-7-20(24)26-30-22-10-11-28-14-23(22)31-26/h1-14,25H,(H,29,33)(H,30,31)(H,32,34)/t25-/m1/s1. The summed E-state index contributed by atoms with van der Waals surface area (Å²) in [5.41, 5.74) is 8.56. The topological polar surface area (TPSA) is 99.4 Å². The minimum Gasteiger partial charge on any atom is -0.341 e. The number of aromatic nitrogens is 5. The summed E-state index contributed by atoms with van der Waals surface area (Å²) in [6.45, 7) is 0. The molecule has 7 rings (SSSR count). The van der Waals surface area contributed by atoms with Crippen molar-refractivity contribution in [3.63, 3.8) is 0 Å². The predicted molar refractivity (Wildman–Crippen MR) is 130 cm³/mol. The van der Waals surface area contributed by atoms with E-state index in [9.17, 15) is 4.79 Å². The molecule has 0 bridgehead atoms. The van der Waals surface area contributed by atoms with Crippen molar-refractivity contribution in [2.24, 2.45) is 0 Å². The molecular formula is C27H18N6O. The Balaban J connectivity index is 1.34. The Kier molecular flexibility index (Phi) is 3.92. The smallest absolute Gasteiger partial charge is 0.252 e. The molecule has 1 aliphatic rings. The number of aromatic amines is 2. The molecule has 1 atom stereocenters. The number of nitrogens with one attached hydrogen (secondary N) is 3. The van der Waals surface area contributed by atoms with E-state index in [4.69, 9.17) is 4.98 Å². The molecule has 1 amide bonds. The summed E-state index contributed by atoms with van der Waals surface area (Å²) in [6, 6.07) is 21.6. The van der Waals surface area contributed by atoms with Gasteiger partial charge in [-0.3, -0.25) is 14.9 Å². The lowest BCUT2D eigenvalue weighted by molar-refractivity contribution is 0.0944. The fourth-order valence-corrected chi connectivity index (χ4v) is 4.89. The average molecular weight is 442 g/mol. The summed E-state index contributed by atoms with van der Waals surface area (Å²) in [4.78, 5) is 25.7. The van der Waals surface area contributed by atoms with Crippen molar-refractivity contribution in [2.75, 3.05) is 0 Å². The maximum absolute atomic E-state index is 13.3. The molecule has 6 aromatic rings. The van der Waals surface area contributed by atoms with E-state index >= 15 is 0 Å². The number of carbonyl (C=O) groups is 1.